The Labute approximate surface area is 159 Å². The van der Waals surface area contributed by atoms with Crippen molar-refractivity contribution in [3.63, 3.8) is 0 Å². The van der Waals surface area contributed by atoms with E-state index in [1.807, 2.05) is 11.0 Å². The first kappa shape index (κ1) is 18.3. The second-order valence-electron chi connectivity index (χ2n) is 7.36. The molecule has 2 aliphatic heterocycles. The van der Waals surface area contributed by atoms with Crippen molar-refractivity contribution in [1.82, 2.24) is 15.0 Å². The summed E-state index contributed by atoms with van der Waals surface area (Å²) in [6.07, 6.45) is 7.72. The Morgan fingerprint density at radius 3 is 2.70 bits per heavy atom. The van der Waals surface area contributed by atoms with Gasteiger partial charge in [0.05, 0.1) is 12.9 Å². The van der Waals surface area contributed by atoms with E-state index in [4.69, 9.17) is 13.7 Å². The van der Waals surface area contributed by atoms with Crippen LogP contribution in [0, 0.1) is 0 Å². The first-order valence-corrected chi connectivity index (χ1v) is 9.88. The van der Waals surface area contributed by atoms with Gasteiger partial charge >= 0.3 is 0 Å². The van der Waals surface area contributed by atoms with Gasteiger partial charge in [0.1, 0.15) is 12.3 Å². The lowest BCUT2D eigenvalue weighted by Gasteiger charge is -2.40. The van der Waals surface area contributed by atoms with Gasteiger partial charge in [0.15, 0.2) is 5.76 Å². The number of rotatable bonds is 6. The summed E-state index contributed by atoms with van der Waals surface area (Å²) in [7, 11) is 0. The number of hydrogen-bond acceptors (Lipinski definition) is 6. The fourth-order valence-electron chi connectivity index (χ4n) is 4.01. The summed E-state index contributed by atoms with van der Waals surface area (Å²) in [6.45, 7) is 4.43. The summed E-state index contributed by atoms with van der Waals surface area (Å²) in [5.74, 6) is 1.24. The Morgan fingerprint density at radius 2 is 1.96 bits per heavy atom. The van der Waals surface area contributed by atoms with Crippen molar-refractivity contribution >= 4 is 5.91 Å². The highest BCUT2D eigenvalue weighted by molar-refractivity contribution is 5.77. The zero-order chi connectivity index (χ0) is 18.5. The maximum absolute atomic E-state index is 12.4. The number of amides is 1. The van der Waals surface area contributed by atoms with E-state index in [2.05, 4.69) is 10.1 Å². The fourth-order valence-corrected chi connectivity index (χ4v) is 4.01. The molecule has 146 valence electrons. The molecule has 2 fully saturated rings. The minimum atomic E-state index is 0.0573. The first-order valence-electron chi connectivity index (χ1n) is 9.88. The zero-order valence-electron chi connectivity index (χ0n) is 15.6. The molecule has 0 spiro atoms. The van der Waals surface area contributed by atoms with Crippen LogP contribution < -0.4 is 0 Å². The fraction of sp³-hybridized carbons (Fsp3) is 0.600. The summed E-state index contributed by atoms with van der Waals surface area (Å²) in [5.41, 5.74) is 0.651. The van der Waals surface area contributed by atoms with Gasteiger partial charge in [0.25, 0.3) is 0 Å². The molecule has 0 unspecified atom stereocenters. The number of furan rings is 1. The van der Waals surface area contributed by atoms with Crippen LogP contribution in [0.15, 0.2) is 33.4 Å². The molecule has 0 aliphatic carbocycles. The highest BCUT2D eigenvalue weighted by Gasteiger charge is 2.27. The quantitative estimate of drug-likeness (QED) is 0.775. The Hall–Kier alpha value is -2.12. The van der Waals surface area contributed by atoms with Gasteiger partial charge in [-0.25, -0.2) is 0 Å². The van der Waals surface area contributed by atoms with Crippen molar-refractivity contribution in [3.05, 3.63) is 30.2 Å². The number of nitrogens with zero attached hydrogens (tertiary/aromatic N) is 3. The van der Waals surface area contributed by atoms with E-state index >= 15 is 0 Å². The Kier molecular flexibility index (Phi) is 5.89. The van der Waals surface area contributed by atoms with E-state index in [9.17, 15) is 4.79 Å². The summed E-state index contributed by atoms with van der Waals surface area (Å²) in [5, 5.41) is 3.95. The molecule has 2 saturated heterocycles. The number of likely N-dealkylation sites (tertiary alicyclic amines) is 2. The lowest BCUT2D eigenvalue weighted by Crippen LogP contribution is -2.48. The zero-order valence-corrected chi connectivity index (χ0v) is 15.6. The number of carbonyl (C=O) groups excluding carboxylic acids is 1. The van der Waals surface area contributed by atoms with Gasteiger partial charge < -0.3 is 23.5 Å². The van der Waals surface area contributed by atoms with E-state index in [-0.39, 0.29) is 19.1 Å². The number of piperidine rings is 2. The highest BCUT2D eigenvalue weighted by atomic mass is 16.5. The molecule has 0 N–H and O–H groups in total. The lowest BCUT2D eigenvalue weighted by molar-refractivity contribution is -0.138. The molecule has 0 aromatic carbocycles. The van der Waals surface area contributed by atoms with Crippen molar-refractivity contribution < 1.29 is 18.5 Å². The van der Waals surface area contributed by atoms with Crippen LogP contribution in [-0.4, -0.2) is 59.7 Å². The largest absolute Gasteiger partial charge is 0.461 e. The van der Waals surface area contributed by atoms with Crippen molar-refractivity contribution in [1.29, 1.82) is 0 Å². The molecule has 27 heavy (non-hydrogen) atoms. The number of ether oxygens (including phenoxy) is 1. The van der Waals surface area contributed by atoms with Gasteiger partial charge in [-0.1, -0.05) is 11.6 Å². The average Bonchev–Trinajstić information content (AvgIpc) is 3.40. The number of hydrogen-bond donors (Lipinski definition) is 0. The molecular weight excluding hydrogens is 346 g/mol. The van der Waals surface area contributed by atoms with E-state index in [0.29, 0.717) is 23.3 Å². The predicted octanol–water partition coefficient (Wildman–Crippen LogP) is 2.93. The average molecular weight is 373 g/mol. The standard InChI is InChI=1S/C20H27N3O4/c24-20(23-10-6-17(7-11-23)22-8-2-1-3-9-22)15-25-14-16-13-19(27-21-16)18-5-4-12-26-18/h4-5,12-13,17H,1-3,6-11,14-15H2. The topological polar surface area (TPSA) is 71.9 Å². The Balaban J connectivity index is 1.18. The monoisotopic (exact) mass is 373 g/mol. The normalized spacial score (nSPS) is 19.5. The summed E-state index contributed by atoms with van der Waals surface area (Å²) in [6, 6.07) is 6.02. The summed E-state index contributed by atoms with van der Waals surface area (Å²) < 4.78 is 16.1. The highest BCUT2D eigenvalue weighted by Crippen LogP contribution is 2.22. The molecule has 0 saturated carbocycles. The Bertz CT molecular complexity index is 713. The van der Waals surface area contributed by atoms with E-state index in [1.54, 1.807) is 18.4 Å². The Morgan fingerprint density at radius 1 is 1.15 bits per heavy atom. The molecule has 0 radical (unpaired) electrons. The molecular formula is C20H27N3O4. The summed E-state index contributed by atoms with van der Waals surface area (Å²) >= 11 is 0. The van der Waals surface area contributed by atoms with Crippen LogP contribution >= 0.6 is 0 Å². The van der Waals surface area contributed by atoms with E-state index in [1.165, 1.54) is 32.4 Å². The van der Waals surface area contributed by atoms with Gasteiger partial charge in [-0.3, -0.25) is 4.79 Å². The van der Waals surface area contributed by atoms with Crippen LogP contribution in [0.3, 0.4) is 0 Å². The molecule has 1 amide bonds. The summed E-state index contributed by atoms with van der Waals surface area (Å²) in [4.78, 5) is 16.9. The maximum Gasteiger partial charge on any atom is 0.248 e. The van der Waals surface area contributed by atoms with Crippen LogP contribution in [0.4, 0.5) is 0 Å². The molecule has 7 heteroatoms. The molecule has 4 rings (SSSR count). The number of aromatic nitrogens is 1. The second kappa shape index (κ2) is 8.71. The van der Waals surface area contributed by atoms with Crippen LogP contribution in [0.1, 0.15) is 37.8 Å². The van der Waals surface area contributed by atoms with Gasteiger partial charge in [0.2, 0.25) is 11.7 Å². The van der Waals surface area contributed by atoms with Gasteiger partial charge in [-0.2, -0.15) is 0 Å². The molecule has 0 atom stereocenters. The smallest absolute Gasteiger partial charge is 0.248 e. The maximum atomic E-state index is 12.4. The molecule has 4 heterocycles. The molecule has 2 aliphatic rings. The van der Waals surface area contributed by atoms with Crippen LogP contribution in [0.5, 0.6) is 0 Å². The third-order valence-corrected chi connectivity index (χ3v) is 5.52. The first-order chi connectivity index (χ1) is 13.3. The predicted molar refractivity (Wildman–Crippen MR) is 98.9 cm³/mol. The molecule has 7 nitrogen and oxygen atoms in total. The van der Waals surface area contributed by atoms with Crippen LogP contribution in [0.2, 0.25) is 0 Å². The lowest BCUT2D eigenvalue weighted by atomic mass is 10.00. The minimum absolute atomic E-state index is 0.0573. The van der Waals surface area contributed by atoms with Gasteiger partial charge in [-0.05, 0) is 50.9 Å². The molecule has 2 aromatic rings. The van der Waals surface area contributed by atoms with Gasteiger partial charge in [0, 0.05) is 25.2 Å². The third kappa shape index (κ3) is 4.59. The molecule has 0 bridgehead atoms. The van der Waals surface area contributed by atoms with E-state index in [0.717, 1.165) is 25.9 Å². The van der Waals surface area contributed by atoms with Gasteiger partial charge in [-0.15, -0.1) is 0 Å². The molecule has 2 aromatic heterocycles. The number of carbonyl (C=O) groups is 1. The van der Waals surface area contributed by atoms with Crippen LogP contribution in [-0.2, 0) is 16.1 Å². The van der Waals surface area contributed by atoms with Crippen molar-refractivity contribution in [3.8, 4) is 11.5 Å². The van der Waals surface area contributed by atoms with E-state index < -0.39 is 0 Å². The SMILES string of the molecule is O=C(COCc1cc(-c2ccco2)on1)N1CCC(N2CCCCC2)CC1. The third-order valence-electron chi connectivity index (χ3n) is 5.52. The van der Waals surface area contributed by atoms with Crippen molar-refractivity contribution in [2.45, 2.75) is 44.8 Å². The minimum Gasteiger partial charge on any atom is -0.461 e. The second-order valence-corrected chi connectivity index (χ2v) is 7.36. The van der Waals surface area contributed by atoms with Crippen LogP contribution in [0.25, 0.3) is 11.5 Å². The van der Waals surface area contributed by atoms with Crippen molar-refractivity contribution in [2.75, 3.05) is 32.8 Å². The van der Waals surface area contributed by atoms with Crippen molar-refractivity contribution in [2.24, 2.45) is 0 Å².